The molecule has 9 nitrogen and oxygen atoms in total. The molecule has 2 aromatic rings. The summed E-state index contributed by atoms with van der Waals surface area (Å²) in [5, 5.41) is 11.5. The van der Waals surface area contributed by atoms with Crippen molar-refractivity contribution in [1.29, 1.82) is 5.41 Å². The zero-order valence-electron chi connectivity index (χ0n) is 26.7. The first-order valence-electron chi connectivity index (χ1n) is 15.8. The van der Waals surface area contributed by atoms with Gasteiger partial charge in [0, 0.05) is 63.0 Å². The van der Waals surface area contributed by atoms with E-state index in [9.17, 15) is 18.8 Å². The van der Waals surface area contributed by atoms with Gasteiger partial charge < -0.3 is 24.8 Å². The Balaban J connectivity index is 1.33. The summed E-state index contributed by atoms with van der Waals surface area (Å²) in [5.74, 6) is -1.59. The Morgan fingerprint density at radius 1 is 0.956 bits per heavy atom. The van der Waals surface area contributed by atoms with Crippen LogP contribution in [0.15, 0.2) is 42.5 Å². The third-order valence-corrected chi connectivity index (χ3v) is 9.07. The summed E-state index contributed by atoms with van der Waals surface area (Å²) >= 11 is 0. The van der Waals surface area contributed by atoms with E-state index in [0.717, 1.165) is 5.69 Å². The van der Waals surface area contributed by atoms with Crippen LogP contribution in [0.4, 0.5) is 14.5 Å². The maximum atomic E-state index is 15.3. The Bertz CT molecular complexity index is 1370. The number of benzene rings is 2. The molecule has 2 saturated heterocycles. The van der Waals surface area contributed by atoms with Crippen molar-refractivity contribution in [3.05, 3.63) is 65.2 Å². The molecule has 45 heavy (non-hydrogen) atoms. The van der Waals surface area contributed by atoms with Crippen LogP contribution < -0.4 is 10.2 Å². The second-order valence-corrected chi connectivity index (χ2v) is 12.4. The minimum atomic E-state index is -0.938. The molecule has 4 rings (SSSR count). The van der Waals surface area contributed by atoms with Gasteiger partial charge in [-0.25, -0.2) is 8.78 Å². The number of nitrogens with one attached hydrogen (secondary N) is 2. The number of piperidine rings is 1. The van der Waals surface area contributed by atoms with Crippen molar-refractivity contribution in [2.45, 2.75) is 59.4 Å². The molecule has 2 amide bonds. The van der Waals surface area contributed by atoms with Gasteiger partial charge in [-0.1, -0.05) is 13.0 Å². The van der Waals surface area contributed by atoms with Crippen molar-refractivity contribution in [3.8, 4) is 0 Å². The van der Waals surface area contributed by atoms with Gasteiger partial charge in [-0.15, -0.1) is 0 Å². The van der Waals surface area contributed by atoms with Crippen molar-refractivity contribution < 1.29 is 27.9 Å². The van der Waals surface area contributed by atoms with Crippen molar-refractivity contribution >= 4 is 29.3 Å². The highest BCUT2D eigenvalue weighted by Crippen LogP contribution is 2.30. The Morgan fingerprint density at radius 3 is 2.18 bits per heavy atom. The highest BCUT2D eigenvalue weighted by molar-refractivity contribution is 5.99. The lowest BCUT2D eigenvalue weighted by Gasteiger charge is -2.40. The van der Waals surface area contributed by atoms with Gasteiger partial charge in [0.1, 0.15) is 17.5 Å². The average Bonchev–Trinajstić information content (AvgIpc) is 3.03. The SMILES string of the molecule is CCOC(=O)CC1CCN(C(=O)C(C)(C)C(CC)NC(=O)c2ccc(C(=N)N3CCN(c4ccc(F)cc4)CC3)cc2F)CC1. The zero-order chi connectivity index (χ0) is 32.7. The maximum absolute atomic E-state index is 15.3. The van der Waals surface area contributed by atoms with Crippen molar-refractivity contribution in [1.82, 2.24) is 15.1 Å². The number of carbonyl (C=O) groups excluding carboxylic acids is 3. The lowest BCUT2D eigenvalue weighted by atomic mass is 9.80. The molecule has 0 bridgehead atoms. The van der Waals surface area contributed by atoms with Crippen LogP contribution in [0.5, 0.6) is 0 Å². The molecule has 2 aliphatic rings. The highest BCUT2D eigenvalue weighted by Gasteiger charge is 2.41. The second kappa shape index (κ2) is 14.8. The standard InChI is InChI=1S/C34H45F2N5O4/c1-5-29(34(3,4)33(44)41-15-13-23(14-16-41)21-30(42)45-6-2)38-32(43)27-12-7-24(22-28(27)36)31(37)40-19-17-39(18-20-40)26-10-8-25(35)9-11-26/h7-12,22-23,29,37H,5-6,13-21H2,1-4H3,(H,38,43). The second-order valence-electron chi connectivity index (χ2n) is 12.4. The van der Waals surface area contributed by atoms with Crippen molar-refractivity contribution in [3.63, 3.8) is 0 Å². The molecule has 2 heterocycles. The van der Waals surface area contributed by atoms with Gasteiger partial charge in [0.15, 0.2) is 0 Å². The predicted molar refractivity (Wildman–Crippen MR) is 169 cm³/mol. The lowest BCUT2D eigenvalue weighted by Crippen LogP contribution is -2.54. The molecule has 2 N–H and O–H groups in total. The first-order valence-corrected chi connectivity index (χ1v) is 15.8. The smallest absolute Gasteiger partial charge is 0.306 e. The number of hydrogen-bond donors (Lipinski definition) is 2. The summed E-state index contributed by atoms with van der Waals surface area (Å²) in [6.45, 7) is 11.0. The number of likely N-dealkylation sites (tertiary alicyclic amines) is 1. The average molecular weight is 626 g/mol. The van der Waals surface area contributed by atoms with Crippen LogP contribution in [-0.4, -0.2) is 85.3 Å². The van der Waals surface area contributed by atoms with Crippen LogP contribution in [-0.2, 0) is 14.3 Å². The lowest BCUT2D eigenvalue weighted by molar-refractivity contribution is -0.145. The summed E-state index contributed by atoms with van der Waals surface area (Å²) in [6.07, 6.45) is 2.24. The van der Waals surface area contributed by atoms with Gasteiger partial charge in [-0.05, 0) is 82.3 Å². The Morgan fingerprint density at radius 2 is 1.60 bits per heavy atom. The maximum Gasteiger partial charge on any atom is 0.306 e. The highest BCUT2D eigenvalue weighted by atomic mass is 19.1. The number of anilines is 1. The fourth-order valence-corrected chi connectivity index (χ4v) is 6.25. The topological polar surface area (TPSA) is 106 Å². The summed E-state index contributed by atoms with van der Waals surface area (Å²) in [5.41, 5.74) is 0.199. The molecular weight excluding hydrogens is 580 g/mol. The number of esters is 1. The molecule has 0 aromatic heterocycles. The van der Waals surface area contributed by atoms with Crippen LogP contribution in [0.3, 0.4) is 0 Å². The molecule has 2 fully saturated rings. The Kier molecular flexibility index (Phi) is 11.2. The molecule has 1 atom stereocenters. The number of rotatable bonds is 10. The summed E-state index contributed by atoms with van der Waals surface area (Å²) in [6, 6.07) is 9.94. The number of piperazine rings is 1. The zero-order valence-corrected chi connectivity index (χ0v) is 26.7. The van der Waals surface area contributed by atoms with Crippen LogP contribution in [0, 0.1) is 28.4 Å². The van der Waals surface area contributed by atoms with E-state index >= 15 is 4.39 Å². The van der Waals surface area contributed by atoms with E-state index < -0.39 is 23.2 Å². The minimum Gasteiger partial charge on any atom is -0.466 e. The minimum absolute atomic E-state index is 0.0898. The number of hydrogen-bond acceptors (Lipinski definition) is 6. The predicted octanol–water partition coefficient (Wildman–Crippen LogP) is 4.84. The van der Waals surface area contributed by atoms with Gasteiger partial charge in [-0.3, -0.25) is 19.8 Å². The Hall–Kier alpha value is -4.02. The van der Waals surface area contributed by atoms with E-state index in [1.165, 1.54) is 24.3 Å². The molecule has 2 aromatic carbocycles. The molecular formula is C34H45F2N5O4. The van der Waals surface area contributed by atoms with Gasteiger partial charge in [0.05, 0.1) is 17.6 Å². The van der Waals surface area contributed by atoms with E-state index in [4.69, 9.17) is 10.1 Å². The monoisotopic (exact) mass is 625 g/mol. The van der Waals surface area contributed by atoms with E-state index in [0.29, 0.717) is 77.1 Å². The van der Waals surface area contributed by atoms with Gasteiger partial charge in [0.2, 0.25) is 5.91 Å². The third kappa shape index (κ3) is 8.18. The van der Waals surface area contributed by atoms with Crippen molar-refractivity contribution in [2.24, 2.45) is 11.3 Å². The van der Waals surface area contributed by atoms with Crippen molar-refractivity contribution in [2.75, 3.05) is 50.8 Å². The molecule has 244 valence electrons. The summed E-state index contributed by atoms with van der Waals surface area (Å²) in [4.78, 5) is 44.4. The first-order chi connectivity index (χ1) is 21.4. The van der Waals surface area contributed by atoms with Crippen LogP contribution in [0.2, 0.25) is 0 Å². The number of amides is 2. The van der Waals surface area contributed by atoms with Gasteiger partial charge in [0.25, 0.3) is 5.91 Å². The number of nitrogens with zero attached hydrogens (tertiary/aromatic N) is 3. The van der Waals surface area contributed by atoms with Crippen LogP contribution >= 0.6 is 0 Å². The summed E-state index contributed by atoms with van der Waals surface area (Å²) in [7, 11) is 0. The number of ether oxygens (including phenoxy) is 1. The largest absolute Gasteiger partial charge is 0.466 e. The fourth-order valence-electron chi connectivity index (χ4n) is 6.25. The Labute approximate surface area is 264 Å². The van der Waals surface area contributed by atoms with Gasteiger partial charge >= 0.3 is 5.97 Å². The molecule has 0 spiro atoms. The van der Waals surface area contributed by atoms with E-state index in [2.05, 4.69) is 10.2 Å². The molecule has 0 saturated carbocycles. The van der Waals surface area contributed by atoms with E-state index in [1.807, 2.05) is 11.8 Å². The molecule has 2 aliphatic heterocycles. The van der Waals surface area contributed by atoms with E-state index in [-0.39, 0.29) is 35.0 Å². The molecule has 0 radical (unpaired) electrons. The number of carbonyl (C=O) groups is 3. The molecule has 11 heteroatoms. The quantitative estimate of drug-likeness (QED) is 0.223. The number of amidine groups is 1. The number of halogens is 2. The molecule has 0 aliphatic carbocycles. The third-order valence-electron chi connectivity index (χ3n) is 9.07. The fraction of sp³-hybridized carbons (Fsp3) is 0.529. The van der Waals surface area contributed by atoms with Crippen LogP contribution in [0.25, 0.3) is 0 Å². The summed E-state index contributed by atoms with van der Waals surface area (Å²) < 4.78 is 33.6. The molecule has 1 unspecified atom stereocenters. The van der Waals surface area contributed by atoms with Crippen LogP contribution in [0.1, 0.15) is 69.3 Å². The van der Waals surface area contributed by atoms with Gasteiger partial charge in [-0.2, -0.15) is 0 Å². The first kappa shape index (κ1) is 33.9. The normalized spacial score (nSPS) is 16.7. The van der Waals surface area contributed by atoms with E-state index in [1.54, 1.807) is 43.9 Å².